The van der Waals surface area contributed by atoms with Crippen LogP contribution in [-0.4, -0.2) is 28.4 Å². The molecule has 138 valence electrons. The number of carbonyl (C=O) groups is 2. The van der Waals surface area contributed by atoms with Gasteiger partial charge in [0.1, 0.15) is 0 Å². The number of hydrogen-bond acceptors (Lipinski definition) is 7. The molecule has 1 heterocycles. The summed E-state index contributed by atoms with van der Waals surface area (Å²) in [5.41, 5.74) is 1.02. The molecule has 0 aliphatic rings. The van der Waals surface area contributed by atoms with Crippen LogP contribution in [0.15, 0.2) is 48.5 Å². The van der Waals surface area contributed by atoms with Crippen molar-refractivity contribution >= 4 is 44.8 Å². The van der Waals surface area contributed by atoms with Crippen molar-refractivity contribution in [2.24, 2.45) is 0 Å². The van der Waals surface area contributed by atoms with Gasteiger partial charge in [0.25, 0.3) is 11.6 Å². The van der Waals surface area contributed by atoms with E-state index in [9.17, 15) is 19.7 Å². The number of benzene rings is 2. The first-order valence-electron chi connectivity index (χ1n) is 8.05. The van der Waals surface area contributed by atoms with Gasteiger partial charge >= 0.3 is 5.97 Å². The minimum atomic E-state index is -0.566. The summed E-state index contributed by atoms with van der Waals surface area (Å²) in [6.07, 6.45) is 0.550. The zero-order valence-corrected chi connectivity index (χ0v) is 14.9. The van der Waals surface area contributed by atoms with Crippen molar-refractivity contribution in [2.45, 2.75) is 12.8 Å². The lowest BCUT2D eigenvalue weighted by Gasteiger charge is -2.06. The summed E-state index contributed by atoms with van der Waals surface area (Å²) in [5.74, 6) is -1.08. The maximum atomic E-state index is 11.8. The Kier molecular flexibility index (Phi) is 5.72. The molecule has 0 aliphatic carbocycles. The smallest absolute Gasteiger partial charge is 0.306 e. The number of hydrogen-bond donors (Lipinski definition) is 1. The van der Waals surface area contributed by atoms with Crippen molar-refractivity contribution in [1.82, 2.24) is 4.98 Å². The summed E-state index contributed by atoms with van der Waals surface area (Å²) in [6.45, 7) is -0.457. The Morgan fingerprint density at radius 3 is 2.78 bits per heavy atom. The zero-order chi connectivity index (χ0) is 19.2. The Morgan fingerprint density at radius 2 is 2.00 bits per heavy atom. The second-order valence-electron chi connectivity index (χ2n) is 5.59. The molecule has 0 fully saturated rings. The van der Waals surface area contributed by atoms with Crippen LogP contribution in [0.25, 0.3) is 10.2 Å². The van der Waals surface area contributed by atoms with Gasteiger partial charge in [0.15, 0.2) is 6.61 Å². The van der Waals surface area contributed by atoms with Gasteiger partial charge in [-0.2, -0.15) is 0 Å². The summed E-state index contributed by atoms with van der Waals surface area (Å²) >= 11 is 1.52. The second kappa shape index (κ2) is 8.37. The number of para-hydroxylation sites is 1. The van der Waals surface area contributed by atoms with E-state index in [0.29, 0.717) is 6.42 Å². The van der Waals surface area contributed by atoms with E-state index < -0.39 is 23.4 Å². The van der Waals surface area contributed by atoms with Crippen molar-refractivity contribution in [3.63, 3.8) is 0 Å². The summed E-state index contributed by atoms with van der Waals surface area (Å²) in [4.78, 5) is 38.2. The maximum absolute atomic E-state index is 11.8. The fourth-order valence-corrected chi connectivity index (χ4v) is 3.32. The molecule has 0 saturated heterocycles. The molecule has 1 amide bonds. The van der Waals surface area contributed by atoms with Crippen LogP contribution in [0, 0.1) is 10.1 Å². The Bertz CT molecular complexity index is 968. The SMILES string of the molecule is O=C(COC(=O)CCc1nc2ccccc2s1)Nc1cccc([N+](=O)[O-])c1. The quantitative estimate of drug-likeness (QED) is 0.379. The molecule has 1 N–H and O–H groups in total. The first-order valence-corrected chi connectivity index (χ1v) is 8.87. The van der Waals surface area contributed by atoms with E-state index in [4.69, 9.17) is 4.74 Å². The van der Waals surface area contributed by atoms with E-state index in [-0.39, 0.29) is 17.8 Å². The molecule has 0 unspecified atom stereocenters. The van der Waals surface area contributed by atoms with Crippen LogP contribution in [0.3, 0.4) is 0 Å². The maximum Gasteiger partial charge on any atom is 0.306 e. The molecule has 0 atom stereocenters. The molecule has 0 radical (unpaired) electrons. The highest BCUT2D eigenvalue weighted by Crippen LogP contribution is 2.22. The number of nitrogens with zero attached hydrogens (tertiary/aromatic N) is 2. The van der Waals surface area contributed by atoms with Gasteiger partial charge in [0.2, 0.25) is 0 Å². The lowest BCUT2D eigenvalue weighted by molar-refractivity contribution is -0.384. The molecular formula is C18H15N3O5S. The van der Waals surface area contributed by atoms with Gasteiger partial charge in [-0.1, -0.05) is 18.2 Å². The number of carbonyl (C=O) groups excluding carboxylic acids is 2. The number of anilines is 1. The number of nitro benzene ring substituents is 1. The fraction of sp³-hybridized carbons (Fsp3) is 0.167. The summed E-state index contributed by atoms with van der Waals surface area (Å²) in [5, 5.41) is 14.0. The van der Waals surface area contributed by atoms with E-state index in [1.54, 1.807) is 0 Å². The minimum absolute atomic E-state index is 0.115. The van der Waals surface area contributed by atoms with Crippen molar-refractivity contribution in [2.75, 3.05) is 11.9 Å². The van der Waals surface area contributed by atoms with Crippen LogP contribution in [0.1, 0.15) is 11.4 Å². The van der Waals surface area contributed by atoms with Crippen molar-refractivity contribution in [3.05, 3.63) is 63.7 Å². The summed E-state index contributed by atoms with van der Waals surface area (Å²) < 4.78 is 5.99. The largest absolute Gasteiger partial charge is 0.456 e. The third-order valence-corrected chi connectivity index (χ3v) is 4.68. The average molecular weight is 385 g/mol. The highest BCUT2D eigenvalue weighted by atomic mass is 32.1. The number of rotatable bonds is 7. The standard InChI is InChI=1S/C18H15N3O5S/c22-16(19-12-4-3-5-13(10-12)21(24)25)11-26-18(23)9-8-17-20-14-6-1-2-7-15(14)27-17/h1-7,10H,8-9,11H2,(H,19,22). The predicted octanol–water partition coefficient (Wildman–Crippen LogP) is 3.32. The molecule has 8 nitrogen and oxygen atoms in total. The molecular weight excluding hydrogens is 370 g/mol. The minimum Gasteiger partial charge on any atom is -0.456 e. The molecule has 1 aromatic heterocycles. The van der Waals surface area contributed by atoms with Crippen LogP contribution in [0.5, 0.6) is 0 Å². The molecule has 0 aliphatic heterocycles. The number of ether oxygens (including phenoxy) is 1. The Hall–Kier alpha value is -3.33. The van der Waals surface area contributed by atoms with Crippen LogP contribution in [0.2, 0.25) is 0 Å². The third-order valence-electron chi connectivity index (χ3n) is 3.59. The van der Waals surface area contributed by atoms with E-state index >= 15 is 0 Å². The van der Waals surface area contributed by atoms with Crippen molar-refractivity contribution < 1.29 is 19.2 Å². The number of aryl methyl sites for hydroxylation is 1. The average Bonchev–Trinajstić information content (AvgIpc) is 3.08. The zero-order valence-electron chi connectivity index (χ0n) is 14.1. The number of non-ortho nitro benzene ring substituents is 1. The molecule has 27 heavy (non-hydrogen) atoms. The van der Waals surface area contributed by atoms with Gasteiger partial charge in [-0.15, -0.1) is 11.3 Å². The number of nitrogens with one attached hydrogen (secondary N) is 1. The number of fused-ring (bicyclic) bond motifs is 1. The van der Waals surface area contributed by atoms with Gasteiger partial charge in [-0.05, 0) is 18.2 Å². The molecule has 3 rings (SSSR count). The second-order valence-corrected chi connectivity index (χ2v) is 6.71. The number of esters is 1. The first-order chi connectivity index (χ1) is 13.0. The number of nitro groups is 1. The number of aromatic nitrogens is 1. The first kappa shape index (κ1) is 18.5. The molecule has 2 aromatic carbocycles. The molecule has 0 spiro atoms. The molecule has 0 saturated carbocycles. The molecule has 3 aromatic rings. The van der Waals surface area contributed by atoms with E-state index in [1.807, 2.05) is 24.3 Å². The van der Waals surface area contributed by atoms with Gasteiger partial charge in [0.05, 0.1) is 26.6 Å². The van der Waals surface area contributed by atoms with Crippen molar-refractivity contribution in [3.8, 4) is 0 Å². The molecule has 9 heteroatoms. The number of thiazole rings is 1. The van der Waals surface area contributed by atoms with E-state index in [0.717, 1.165) is 15.2 Å². The topological polar surface area (TPSA) is 111 Å². The van der Waals surface area contributed by atoms with Crippen LogP contribution in [0.4, 0.5) is 11.4 Å². The van der Waals surface area contributed by atoms with Crippen LogP contribution in [-0.2, 0) is 20.7 Å². The highest BCUT2D eigenvalue weighted by molar-refractivity contribution is 7.18. The lowest BCUT2D eigenvalue weighted by Crippen LogP contribution is -2.21. The monoisotopic (exact) mass is 385 g/mol. The third kappa shape index (κ3) is 5.08. The van der Waals surface area contributed by atoms with Crippen LogP contribution >= 0.6 is 11.3 Å². The van der Waals surface area contributed by atoms with Crippen molar-refractivity contribution in [1.29, 1.82) is 0 Å². The van der Waals surface area contributed by atoms with Gasteiger partial charge < -0.3 is 10.1 Å². The number of amides is 1. The Balaban J connectivity index is 1.45. The lowest BCUT2D eigenvalue weighted by atomic mass is 10.3. The summed E-state index contributed by atoms with van der Waals surface area (Å²) in [6, 6.07) is 13.2. The van der Waals surface area contributed by atoms with Gasteiger partial charge in [-0.3, -0.25) is 19.7 Å². The Labute approximate surface area is 157 Å². The van der Waals surface area contributed by atoms with E-state index in [1.165, 1.54) is 35.6 Å². The summed E-state index contributed by atoms with van der Waals surface area (Å²) in [7, 11) is 0. The predicted molar refractivity (Wildman–Crippen MR) is 101 cm³/mol. The Morgan fingerprint density at radius 1 is 1.19 bits per heavy atom. The fourth-order valence-electron chi connectivity index (χ4n) is 2.35. The van der Waals surface area contributed by atoms with Gasteiger partial charge in [-0.25, -0.2) is 4.98 Å². The normalized spacial score (nSPS) is 10.5. The van der Waals surface area contributed by atoms with Crippen LogP contribution < -0.4 is 5.32 Å². The highest BCUT2D eigenvalue weighted by Gasteiger charge is 2.12. The molecule has 0 bridgehead atoms. The van der Waals surface area contributed by atoms with E-state index in [2.05, 4.69) is 10.3 Å². The van der Waals surface area contributed by atoms with Gasteiger partial charge in [0, 0.05) is 24.2 Å².